The van der Waals surface area contributed by atoms with Gasteiger partial charge in [-0.1, -0.05) is 75.4 Å². The average molecular weight is 433 g/mol. The topological polar surface area (TPSA) is 55.8 Å². The second kappa shape index (κ2) is 12.6. The molecule has 0 bridgehead atoms. The number of unbranched alkanes of at least 4 members (excludes halogenated alkanes) is 5. The zero-order valence-corrected chi connectivity index (χ0v) is 18.8. The van der Waals surface area contributed by atoms with Gasteiger partial charge in [0.15, 0.2) is 0 Å². The average Bonchev–Trinajstić information content (AvgIpc) is 2.83. The molecule has 0 amide bonds. The minimum absolute atomic E-state index is 0.275. The zero-order chi connectivity index (χ0) is 22.6. The van der Waals surface area contributed by atoms with Crippen molar-refractivity contribution < 1.29 is 19.4 Å². The fourth-order valence-electron chi connectivity index (χ4n) is 3.47. The van der Waals surface area contributed by atoms with Crippen molar-refractivity contribution in [2.24, 2.45) is 0 Å². The lowest BCUT2D eigenvalue weighted by molar-refractivity contribution is 0.0697. The minimum Gasteiger partial charge on any atom is -0.494 e. The summed E-state index contributed by atoms with van der Waals surface area (Å²) in [6, 6.07) is 22.9. The number of carboxylic acid groups (broad SMARTS) is 1. The Labute approximate surface area is 190 Å². The molecule has 0 aliphatic rings. The van der Waals surface area contributed by atoms with E-state index in [1.165, 1.54) is 32.1 Å². The van der Waals surface area contributed by atoms with E-state index in [1.807, 2.05) is 36.4 Å². The van der Waals surface area contributed by atoms with Gasteiger partial charge in [0.25, 0.3) is 0 Å². The van der Waals surface area contributed by atoms with Gasteiger partial charge >= 0.3 is 5.97 Å². The molecule has 1 N–H and O–H groups in total. The molecule has 0 aliphatic carbocycles. The Hall–Kier alpha value is -3.27. The highest BCUT2D eigenvalue weighted by molar-refractivity contribution is 5.87. The Kier molecular flexibility index (Phi) is 9.18. The number of carbonyl (C=O) groups is 1. The van der Waals surface area contributed by atoms with Crippen molar-refractivity contribution in [1.82, 2.24) is 0 Å². The monoisotopic (exact) mass is 432 g/mol. The summed E-state index contributed by atoms with van der Waals surface area (Å²) in [5.74, 6) is 0.761. The van der Waals surface area contributed by atoms with Crippen molar-refractivity contribution in [2.75, 3.05) is 6.61 Å². The van der Waals surface area contributed by atoms with E-state index in [-0.39, 0.29) is 5.56 Å². The Bertz CT molecular complexity index is 944. The first-order chi connectivity index (χ1) is 15.7. The second-order valence-corrected chi connectivity index (χ2v) is 7.96. The lowest BCUT2D eigenvalue weighted by atomic mass is 10.1. The lowest BCUT2D eigenvalue weighted by Crippen LogP contribution is -1.98. The third-order valence-corrected chi connectivity index (χ3v) is 5.41. The van der Waals surface area contributed by atoms with Gasteiger partial charge in [0.1, 0.15) is 18.1 Å². The number of benzene rings is 3. The van der Waals surface area contributed by atoms with Crippen LogP contribution in [0.3, 0.4) is 0 Å². The van der Waals surface area contributed by atoms with Crippen LogP contribution in [0.4, 0.5) is 0 Å². The molecule has 0 saturated carbocycles. The number of hydrogen-bond donors (Lipinski definition) is 1. The van der Waals surface area contributed by atoms with Gasteiger partial charge in [-0.3, -0.25) is 0 Å². The van der Waals surface area contributed by atoms with Gasteiger partial charge in [-0.05, 0) is 59.5 Å². The van der Waals surface area contributed by atoms with E-state index in [4.69, 9.17) is 14.6 Å². The molecule has 4 heteroatoms. The van der Waals surface area contributed by atoms with E-state index >= 15 is 0 Å². The van der Waals surface area contributed by atoms with Gasteiger partial charge in [-0.15, -0.1) is 0 Å². The van der Waals surface area contributed by atoms with Crippen LogP contribution in [0.2, 0.25) is 0 Å². The molecule has 0 atom stereocenters. The summed E-state index contributed by atoms with van der Waals surface area (Å²) < 4.78 is 11.7. The first kappa shape index (κ1) is 23.4. The van der Waals surface area contributed by atoms with Gasteiger partial charge in [0.05, 0.1) is 12.2 Å². The summed E-state index contributed by atoms with van der Waals surface area (Å²) >= 11 is 0. The molecule has 168 valence electrons. The number of ether oxygens (including phenoxy) is 2. The van der Waals surface area contributed by atoms with Crippen molar-refractivity contribution in [3.63, 3.8) is 0 Å². The summed E-state index contributed by atoms with van der Waals surface area (Å²) in [6.07, 6.45) is 7.58. The summed E-state index contributed by atoms with van der Waals surface area (Å²) in [5.41, 5.74) is 3.45. The van der Waals surface area contributed by atoms with E-state index in [1.54, 1.807) is 24.3 Å². The summed E-state index contributed by atoms with van der Waals surface area (Å²) in [5, 5.41) is 8.96. The summed E-state index contributed by atoms with van der Waals surface area (Å²) in [6.45, 7) is 3.40. The van der Waals surface area contributed by atoms with Crippen LogP contribution in [-0.2, 0) is 6.61 Å². The molecular weight excluding hydrogens is 400 g/mol. The Morgan fingerprint density at radius 2 is 1.22 bits per heavy atom. The third-order valence-electron chi connectivity index (χ3n) is 5.41. The van der Waals surface area contributed by atoms with Gasteiger partial charge in [0.2, 0.25) is 0 Å². The van der Waals surface area contributed by atoms with Crippen molar-refractivity contribution in [2.45, 2.75) is 52.1 Å². The quantitative estimate of drug-likeness (QED) is 0.286. The minimum atomic E-state index is -0.926. The third kappa shape index (κ3) is 7.45. The molecule has 32 heavy (non-hydrogen) atoms. The molecule has 0 saturated heterocycles. The molecule has 3 aromatic rings. The molecular formula is C28H32O4. The normalized spacial score (nSPS) is 10.7. The lowest BCUT2D eigenvalue weighted by Gasteiger charge is -2.09. The molecule has 3 aromatic carbocycles. The van der Waals surface area contributed by atoms with Crippen molar-refractivity contribution in [3.05, 3.63) is 83.9 Å². The maximum absolute atomic E-state index is 10.9. The Morgan fingerprint density at radius 1 is 0.688 bits per heavy atom. The van der Waals surface area contributed by atoms with Crippen LogP contribution in [0.15, 0.2) is 72.8 Å². The molecule has 0 radical (unpaired) electrons. The highest BCUT2D eigenvalue weighted by Gasteiger charge is 2.04. The molecule has 0 heterocycles. The molecule has 3 rings (SSSR count). The zero-order valence-electron chi connectivity index (χ0n) is 18.8. The van der Waals surface area contributed by atoms with Crippen LogP contribution in [0.1, 0.15) is 61.4 Å². The smallest absolute Gasteiger partial charge is 0.335 e. The standard InChI is InChI=1S/C28H32O4/c1-2-3-4-5-6-7-20-31-26-16-12-23(13-17-26)24-14-18-27(19-15-24)32-21-22-8-10-25(11-9-22)28(29)30/h8-19H,2-7,20-21H2,1H3,(H,29,30). The fraction of sp³-hybridized carbons (Fsp3) is 0.321. The molecule has 4 nitrogen and oxygen atoms in total. The highest BCUT2D eigenvalue weighted by Crippen LogP contribution is 2.25. The van der Waals surface area contributed by atoms with E-state index in [9.17, 15) is 4.79 Å². The van der Waals surface area contributed by atoms with Gasteiger partial charge in [-0.25, -0.2) is 4.79 Å². The SMILES string of the molecule is CCCCCCCCOc1ccc(-c2ccc(OCc3ccc(C(=O)O)cc3)cc2)cc1. The van der Waals surface area contributed by atoms with Crippen molar-refractivity contribution in [1.29, 1.82) is 0 Å². The van der Waals surface area contributed by atoms with Crippen LogP contribution >= 0.6 is 0 Å². The van der Waals surface area contributed by atoms with Gasteiger partial charge in [-0.2, -0.15) is 0 Å². The van der Waals surface area contributed by atoms with Gasteiger partial charge < -0.3 is 14.6 Å². The van der Waals surface area contributed by atoms with E-state index in [2.05, 4.69) is 19.1 Å². The number of carboxylic acids is 1. The van der Waals surface area contributed by atoms with Gasteiger partial charge in [0, 0.05) is 0 Å². The van der Waals surface area contributed by atoms with E-state index in [0.717, 1.165) is 41.2 Å². The number of hydrogen-bond acceptors (Lipinski definition) is 3. The van der Waals surface area contributed by atoms with Crippen LogP contribution in [0.5, 0.6) is 11.5 Å². The maximum Gasteiger partial charge on any atom is 0.335 e. The first-order valence-corrected chi connectivity index (χ1v) is 11.4. The van der Waals surface area contributed by atoms with E-state index in [0.29, 0.717) is 6.61 Å². The van der Waals surface area contributed by atoms with Crippen LogP contribution in [0.25, 0.3) is 11.1 Å². The molecule has 0 aromatic heterocycles. The molecule has 0 unspecified atom stereocenters. The molecule has 0 spiro atoms. The first-order valence-electron chi connectivity index (χ1n) is 11.4. The van der Waals surface area contributed by atoms with E-state index < -0.39 is 5.97 Å². The predicted octanol–water partition coefficient (Wildman–Crippen LogP) is 7.37. The maximum atomic E-state index is 10.9. The molecule has 0 aliphatic heterocycles. The van der Waals surface area contributed by atoms with Crippen LogP contribution < -0.4 is 9.47 Å². The van der Waals surface area contributed by atoms with Crippen molar-refractivity contribution >= 4 is 5.97 Å². The summed E-state index contributed by atoms with van der Waals surface area (Å²) in [7, 11) is 0. The van der Waals surface area contributed by atoms with Crippen molar-refractivity contribution in [3.8, 4) is 22.6 Å². The van der Waals surface area contributed by atoms with Crippen LogP contribution in [0, 0.1) is 0 Å². The fourth-order valence-corrected chi connectivity index (χ4v) is 3.47. The summed E-state index contributed by atoms with van der Waals surface area (Å²) in [4.78, 5) is 10.9. The highest BCUT2D eigenvalue weighted by atomic mass is 16.5. The predicted molar refractivity (Wildman–Crippen MR) is 128 cm³/mol. The Balaban J connectivity index is 1.44. The Morgan fingerprint density at radius 3 is 1.78 bits per heavy atom. The second-order valence-electron chi connectivity index (χ2n) is 7.96. The number of rotatable bonds is 13. The number of aromatic carboxylic acids is 1. The van der Waals surface area contributed by atoms with Crippen LogP contribution in [-0.4, -0.2) is 17.7 Å². The molecule has 0 fully saturated rings. The largest absolute Gasteiger partial charge is 0.494 e.